The predicted octanol–water partition coefficient (Wildman–Crippen LogP) is 2.06. The van der Waals surface area contributed by atoms with Crippen LogP contribution in [0, 0.1) is 6.92 Å². The molecule has 0 aliphatic carbocycles. The number of imide groups is 1. The number of hydrogen-bond acceptors (Lipinski definition) is 3. The lowest BCUT2D eigenvalue weighted by molar-refractivity contribution is -0.123. The van der Waals surface area contributed by atoms with Gasteiger partial charge in [-0.25, -0.2) is 4.79 Å². The summed E-state index contributed by atoms with van der Waals surface area (Å²) in [5.41, 5.74) is 1.84. The van der Waals surface area contributed by atoms with Gasteiger partial charge in [0.2, 0.25) is 5.91 Å². The van der Waals surface area contributed by atoms with Crippen LogP contribution in [0.5, 0.6) is 0 Å². The summed E-state index contributed by atoms with van der Waals surface area (Å²) in [6.07, 6.45) is 0. The Bertz CT molecular complexity index is 416. The SMILES string of the molecule is Cc1ccc(NC(=O)N2CSCC2=O)cc1. The van der Waals surface area contributed by atoms with Gasteiger partial charge < -0.3 is 5.32 Å². The fourth-order valence-corrected chi connectivity index (χ4v) is 2.24. The number of aryl methyl sites for hydroxylation is 1. The van der Waals surface area contributed by atoms with Gasteiger partial charge in [-0.15, -0.1) is 11.8 Å². The topological polar surface area (TPSA) is 49.4 Å². The number of anilines is 1. The molecule has 3 amide bonds. The molecule has 5 heteroatoms. The van der Waals surface area contributed by atoms with Crippen molar-refractivity contribution in [1.29, 1.82) is 0 Å². The van der Waals surface area contributed by atoms with E-state index < -0.39 is 0 Å². The van der Waals surface area contributed by atoms with Crippen molar-refractivity contribution in [3.05, 3.63) is 29.8 Å². The molecule has 1 aliphatic rings. The van der Waals surface area contributed by atoms with E-state index in [9.17, 15) is 9.59 Å². The van der Waals surface area contributed by atoms with Crippen molar-refractivity contribution in [2.24, 2.45) is 0 Å². The number of carbonyl (C=O) groups is 2. The second-order valence-electron chi connectivity index (χ2n) is 3.60. The lowest BCUT2D eigenvalue weighted by Gasteiger charge is -2.13. The van der Waals surface area contributed by atoms with Crippen molar-refractivity contribution in [1.82, 2.24) is 4.90 Å². The molecule has 16 heavy (non-hydrogen) atoms. The van der Waals surface area contributed by atoms with Gasteiger partial charge in [0.25, 0.3) is 0 Å². The zero-order chi connectivity index (χ0) is 11.5. The molecule has 0 spiro atoms. The van der Waals surface area contributed by atoms with Crippen LogP contribution in [-0.2, 0) is 4.79 Å². The summed E-state index contributed by atoms with van der Waals surface area (Å²) in [7, 11) is 0. The first-order valence-corrected chi connectivity index (χ1v) is 6.08. The Labute approximate surface area is 98.0 Å². The van der Waals surface area contributed by atoms with Crippen molar-refractivity contribution in [3.63, 3.8) is 0 Å². The zero-order valence-electron chi connectivity index (χ0n) is 8.90. The van der Waals surface area contributed by atoms with Gasteiger partial charge in [0, 0.05) is 5.69 Å². The molecule has 0 aromatic heterocycles. The standard InChI is InChI=1S/C11H12N2O2S/c1-8-2-4-9(5-3-8)12-11(15)13-7-16-6-10(13)14/h2-5H,6-7H2,1H3,(H,12,15). The van der Waals surface area contributed by atoms with Crippen LogP contribution in [0.25, 0.3) is 0 Å². The molecular weight excluding hydrogens is 224 g/mol. The van der Waals surface area contributed by atoms with Gasteiger partial charge in [-0.2, -0.15) is 0 Å². The molecular formula is C11H12N2O2S. The molecule has 1 aromatic rings. The normalized spacial score (nSPS) is 15.3. The molecule has 1 N–H and O–H groups in total. The third-order valence-corrected chi connectivity index (χ3v) is 3.19. The number of nitrogens with one attached hydrogen (secondary N) is 1. The molecule has 0 saturated carbocycles. The van der Waals surface area contributed by atoms with E-state index in [4.69, 9.17) is 0 Å². The smallest absolute Gasteiger partial charge is 0.307 e. The summed E-state index contributed by atoms with van der Waals surface area (Å²) in [5.74, 6) is 0.701. The lowest BCUT2D eigenvalue weighted by atomic mass is 10.2. The predicted molar refractivity (Wildman–Crippen MR) is 64.4 cm³/mol. The van der Waals surface area contributed by atoms with E-state index in [0.717, 1.165) is 5.56 Å². The first-order chi connectivity index (χ1) is 7.66. The Morgan fingerprint density at radius 1 is 1.38 bits per heavy atom. The highest BCUT2D eigenvalue weighted by Gasteiger charge is 2.26. The molecule has 4 nitrogen and oxygen atoms in total. The van der Waals surface area contributed by atoms with Crippen LogP contribution in [0.1, 0.15) is 5.56 Å². The van der Waals surface area contributed by atoms with E-state index in [2.05, 4.69) is 5.32 Å². The number of amides is 3. The van der Waals surface area contributed by atoms with Crippen molar-refractivity contribution >= 4 is 29.4 Å². The fraction of sp³-hybridized carbons (Fsp3) is 0.273. The quantitative estimate of drug-likeness (QED) is 0.812. The van der Waals surface area contributed by atoms with Crippen LogP contribution in [0.15, 0.2) is 24.3 Å². The summed E-state index contributed by atoms with van der Waals surface area (Å²) in [4.78, 5) is 24.2. The van der Waals surface area contributed by atoms with Gasteiger partial charge >= 0.3 is 6.03 Å². The van der Waals surface area contributed by atoms with Gasteiger partial charge in [0.1, 0.15) is 0 Å². The molecule has 1 saturated heterocycles. The Hall–Kier alpha value is -1.49. The van der Waals surface area contributed by atoms with Gasteiger partial charge in [0.05, 0.1) is 11.6 Å². The highest BCUT2D eigenvalue weighted by atomic mass is 32.2. The molecule has 0 unspecified atom stereocenters. The summed E-state index contributed by atoms with van der Waals surface area (Å²) < 4.78 is 0. The minimum absolute atomic E-state index is 0.130. The lowest BCUT2D eigenvalue weighted by Crippen LogP contribution is -2.36. The van der Waals surface area contributed by atoms with E-state index in [1.165, 1.54) is 16.7 Å². The van der Waals surface area contributed by atoms with E-state index in [1.54, 1.807) is 0 Å². The van der Waals surface area contributed by atoms with E-state index in [-0.39, 0.29) is 11.9 Å². The maximum absolute atomic E-state index is 11.7. The number of urea groups is 1. The Balaban J connectivity index is 2.02. The van der Waals surface area contributed by atoms with Crippen LogP contribution >= 0.6 is 11.8 Å². The molecule has 84 valence electrons. The van der Waals surface area contributed by atoms with Crippen molar-refractivity contribution in [2.45, 2.75) is 6.92 Å². The number of benzene rings is 1. The van der Waals surface area contributed by atoms with Gasteiger partial charge in [-0.3, -0.25) is 9.69 Å². The van der Waals surface area contributed by atoms with Crippen LogP contribution in [0.2, 0.25) is 0 Å². The number of thioether (sulfide) groups is 1. The van der Waals surface area contributed by atoms with Gasteiger partial charge in [-0.1, -0.05) is 17.7 Å². The monoisotopic (exact) mass is 236 g/mol. The van der Waals surface area contributed by atoms with Crippen LogP contribution in [0.4, 0.5) is 10.5 Å². The second kappa shape index (κ2) is 4.57. The first kappa shape index (κ1) is 11.0. The van der Waals surface area contributed by atoms with Crippen molar-refractivity contribution < 1.29 is 9.59 Å². The van der Waals surface area contributed by atoms with Crippen LogP contribution in [0.3, 0.4) is 0 Å². The Morgan fingerprint density at radius 3 is 2.62 bits per heavy atom. The summed E-state index contributed by atoms with van der Waals surface area (Å²) in [5, 5.41) is 2.69. The largest absolute Gasteiger partial charge is 0.329 e. The summed E-state index contributed by atoms with van der Waals surface area (Å²) in [6, 6.07) is 7.12. The fourth-order valence-electron chi connectivity index (χ4n) is 1.37. The number of carbonyl (C=O) groups excluding carboxylic acids is 2. The molecule has 0 atom stereocenters. The molecule has 0 bridgehead atoms. The van der Waals surface area contributed by atoms with Gasteiger partial charge in [-0.05, 0) is 19.1 Å². The highest BCUT2D eigenvalue weighted by molar-refractivity contribution is 8.00. The third kappa shape index (κ3) is 2.36. The van der Waals surface area contributed by atoms with Crippen molar-refractivity contribution in [2.75, 3.05) is 16.9 Å². The molecule has 2 rings (SSSR count). The minimum Gasteiger partial charge on any atom is -0.307 e. The average Bonchev–Trinajstić information content (AvgIpc) is 2.68. The molecule has 1 aromatic carbocycles. The first-order valence-electron chi connectivity index (χ1n) is 4.92. The number of rotatable bonds is 1. The summed E-state index contributed by atoms with van der Waals surface area (Å²) >= 11 is 1.45. The highest BCUT2D eigenvalue weighted by Crippen LogP contribution is 2.17. The minimum atomic E-state index is -0.348. The van der Waals surface area contributed by atoms with E-state index >= 15 is 0 Å². The average molecular weight is 236 g/mol. The van der Waals surface area contributed by atoms with Gasteiger partial charge in [0.15, 0.2) is 0 Å². The number of hydrogen-bond donors (Lipinski definition) is 1. The number of nitrogens with zero attached hydrogens (tertiary/aromatic N) is 1. The van der Waals surface area contributed by atoms with Crippen LogP contribution < -0.4 is 5.32 Å². The van der Waals surface area contributed by atoms with Crippen LogP contribution in [-0.4, -0.2) is 28.5 Å². The third-order valence-electron chi connectivity index (χ3n) is 2.29. The Morgan fingerprint density at radius 2 is 2.06 bits per heavy atom. The molecule has 1 fully saturated rings. The molecule has 1 aliphatic heterocycles. The van der Waals surface area contributed by atoms with Crippen molar-refractivity contribution in [3.8, 4) is 0 Å². The Kier molecular flexibility index (Phi) is 3.14. The summed E-state index contributed by atoms with van der Waals surface area (Å²) in [6.45, 7) is 1.98. The maximum atomic E-state index is 11.7. The van der Waals surface area contributed by atoms with E-state index in [0.29, 0.717) is 17.3 Å². The second-order valence-corrected chi connectivity index (χ2v) is 4.55. The van der Waals surface area contributed by atoms with E-state index in [1.807, 2.05) is 31.2 Å². The maximum Gasteiger partial charge on any atom is 0.329 e. The molecule has 0 radical (unpaired) electrons. The molecule has 1 heterocycles. The zero-order valence-corrected chi connectivity index (χ0v) is 9.71.